The van der Waals surface area contributed by atoms with E-state index in [4.69, 9.17) is 27.9 Å². The third kappa shape index (κ3) is 4.37. The average Bonchev–Trinajstić information content (AvgIpc) is 3.41. The Bertz CT molecular complexity index is 1090. The average molecular weight is 470 g/mol. The van der Waals surface area contributed by atoms with Gasteiger partial charge in [0.05, 0.1) is 5.69 Å². The predicted octanol–water partition coefficient (Wildman–Crippen LogP) is 5.24. The molecule has 1 amide bonds. The van der Waals surface area contributed by atoms with Crippen molar-refractivity contribution in [3.8, 4) is 5.75 Å². The molecule has 2 aliphatic rings. The maximum absolute atomic E-state index is 13.2. The Labute approximate surface area is 197 Å². The number of benzene rings is 2. The van der Waals surface area contributed by atoms with Gasteiger partial charge in [0.1, 0.15) is 12.4 Å². The second kappa shape index (κ2) is 9.16. The van der Waals surface area contributed by atoms with Gasteiger partial charge < -0.3 is 9.64 Å². The zero-order valence-corrected chi connectivity index (χ0v) is 19.2. The number of hydrogen-bond donors (Lipinski definition) is 1. The number of fused-ring (bicyclic) bond motifs is 1. The Morgan fingerprint density at radius 3 is 2.69 bits per heavy atom. The topological polar surface area (TPSA) is 58.2 Å². The number of halogens is 2. The van der Waals surface area contributed by atoms with Gasteiger partial charge in [0.25, 0.3) is 0 Å². The van der Waals surface area contributed by atoms with E-state index in [1.54, 1.807) is 12.1 Å². The second-order valence-electron chi connectivity index (χ2n) is 8.61. The van der Waals surface area contributed by atoms with Crippen molar-refractivity contribution in [1.29, 1.82) is 0 Å². The van der Waals surface area contributed by atoms with E-state index in [0.717, 1.165) is 49.0 Å². The van der Waals surface area contributed by atoms with E-state index in [0.29, 0.717) is 28.8 Å². The molecule has 0 bridgehead atoms. The quantitative estimate of drug-likeness (QED) is 0.536. The number of carbonyl (C=O) groups excluding carboxylic acids is 1. The Kier molecular flexibility index (Phi) is 6.11. The van der Waals surface area contributed by atoms with E-state index in [1.165, 1.54) is 5.56 Å². The predicted molar refractivity (Wildman–Crippen MR) is 125 cm³/mol. The normalized spacial score (nSPS) is 20.4. The number of H-pyrrole nitrogens is 1. The van der Waals surface area contributed by atoms with Crippen molar-refractivity contribution in [2.45, 2.75) is 44.8 Å². The molecule has 32 heavy (non-hydrogen) atoms. The van der Waals surface area contributed by atoms with Gasteiger partial charge >= 0.3 is 0 Å². The summed E-state index contributed by atoms with van der Waals surface area (Å²) in [5.41, 5.74) is 4.26. The lowest BCUT2D eigenvalue weighted by molar-refractivity contribution is -0.133. The van der Waals surface area contributed by atoms with Crippen LogP contribution in [0.15, 0.2) is 48.7 Å². The monoisotopic (exact) mass is 469 g/mol. The molecule has 166 valence electrons. The molecule has 5 rings (SSSR count). The first-order valence-electron chi connectivity index (χ1n) is 11.0. The van der Waals surface area contributed by atoms with Gasteiger partial charge in [-0.1, -0.05) is 53.5 Å². The molecule has 1 aliphatic heterocycles. The molecule has 0 spiro atoms. The number of aromatic amines is 1. The van der Waals surface area contributed by atoms with E-state index < -0.39 is 0 Å². The number of nitrogens with zero attached hydrogens (tertiary/aromatic N) is 2. The molecule has 0 unspecified atom stereocenters. The van der Waals surface area contributed by atoms with Crippen molar-refractivity contribution in [2.75, 3.05) is 6.54 Å². The summed E-state index contributed by atoms with van der Waals surface area (Å²) in [6.45, 7) is 1.23. The van der Waals surface area contributed by atoms with Crippen LogP contribution in [0.3, 0.4) is 0 Å². The number of amides is 1. The lowest BCUT2D eigenvalue weighted by Gasteiger charge is -2.31. The number of aryl methyl sites for hydroxylation is 1. The number of carbonyl (C=O) groups is 1. The molecule has 2 atom stereocenters. The molecule has 5 nitrogen and oxygen atoms in total. The Hall–Kier alpha value is -2.50. The fourth-order valence-corrected chi connectivity index (χ4v) is 5.44. The van der Waals surface area contributed by atoms with Crippen molar-refractivity contribution in [3.05, 3.63) is 81.1 Å². The summed E-state index contributed by atoms with van der Waals surface area (Å²) in [7, 11) is 0. The number of nitrogens with one attached hydrogen (secondary N) is 1. The standard InChI is InChI=1S/C25H25Cl2N3O2/c26-22-12-20(32-15-16-4-2-1-3-5-16)13-23(27)21(22)11-17-8-9-30(25(17)31)19-6-7-24-18(10-19)14-28-29-24/h1-5,12-14,17,19H,6-11,15H2,(H,28,29)/t17-,19-/m0/s1. The molecule has 1 aliphatic carbocycles. The van der Waals surface area contributed by atoms with Crippen LogP contribution in [0.4, 0.5) is 0 Å². The highest BCUT2D eigenvalue weighted by molar-refractivity contribution is 6.36. The van der Waals surface area contributed by atoms with Crippen LogP contribution in [-0.4, -0.2) is 33.6 Å². The van der Waals surface area contributed by atoms with E-state index in [9.17, 15) is 4.79 Å². The first-order chi connectivity index (χ1) is 15.6. The summed E-state index contributed by atoms with van der Waals surface area (Å²) in [4.78, 5) is 15.3. The summed E-state index contributed by atoms with van der Waals surface area (Å²) in [6, 6.07) is 13.8. The maximum atomic E-state index is 13.2. The largest absolute Gasteiger partial charge is 0.489 e. The fourth-order valence-electron chi connectivity index (χ4n) is 4.82. The van der Waals surface area contributed by atoms with Crippen molar-refractivity contribution < 1.29 is 9.53 Å². The number of rotatable bonds is 6. The number of ether oxygens (including phenoxy) is 1. The number of likely N-dealkylation sites (tertiary alicyclic amines) is 1. The van der Waals surface area contributed by atoms with Gasteiger partial charge in [-0.25, -0.2) is 0 Å². The summed E-state index contributed by atoms with van der Waals surface area (Å²) >= 11 is 13.1. The van der Waals surface area contributed by atoms with E-state index in [1.807, 2.05) is 36.5 Å². The van der Waals surface area contributed by atoms with Crippen LogP contribution < -0.4 is 4.74 Å². The first kappa shape index (κ1) is 21.4. The fraction of sp³-hybridized carbons (Fsp3) is 0.360. The Morgan fingerprint density at radius 2 is 1.91 bits per heavy atom. The molecule has 1 aromatic heterocycles. The molecule has 0 radical (unpaired) electrons. The van der Waals surface area contributed by atoms with Gasteiger partial charge in [-0.05, 0) is 60.9 Å². The molecule has 7 heteroatoms. The smallest absolute Gasteiger partial charge is 0.226 e. The molecule has 3 aromatic rings. The van der Waals surface area contributed by atoms with Gasteiger partial charge in [-0.3, -0.25) is 9.89 Å². The Morgan fingerprint density at radius 1 is 1.12 bits per heavy atom. The molecular weight excluding hydrogens is 445 g/mol. The minimum Gasteiger partial charge on any atom is -0.489 e. The molecular formula is C25H25Cl2N3O2. The third-order valence-corrected chi connectivity index (χ3v) is 7.26. The maximum Gasteiger partial charge on any atom is 0.226 e. The summed E-state index contributed by atoms with van der Waals surface area (Å²) < 4.78 is 5.87. The van der Waals surface area contributed by atoms with E-state index in [-0.39, 0.29) is 17.9 Å². The third-order valence-electron chi connectivity index (χ3n) is 6.58. The van der Waals surface area contributed by atoms with Crippen LogP contribution in [0.25, 0.3) is 0 Å². The zero-order valence-electron chi connectivity index (χ0n) is 17.7. The second-order valence-corrected chi connectivity index (χ2v) is 9.43. The highest BCUT2D eigenvalue weighted by Crippen LogP contribution is 2.36. The number of hydrogen-bond acceptors (Lipinski definition) is 3. The molecule has 2 aromatic carbocycles. The zero-order chi connectivity index (χ0) is 22.1. The minimum atomic E-state index is -0.0909. The van der Waals surface area contributed by atoms with Crippen LogP contribution in [0, 0.1) is 5.92 Å². The van der Waals surface area contributed by atoms with Crippen molar-refractivity contribution in [1.82, 2.24) is 15.1 Å². The van der Waals surface area contributed by atoms with Gasteiger partial charge in [-0.2, -0.15) is 5.10 Å². The highest BCUT2D eigenvalue weighted by Gasteiger charge is 2.38. The van der Waals surface area contributed by atoms with Crippen LogP contribution in [0.5, 0.6) is 5.75 Å². The molecule has 2 heterocycles. The molecule has 0 saturated carbocycles. The highest BCUT2D eigenvalue weighted by atomic mass is 35.5. The van der Waals surface area contributed by atoms with Crippen LogP contribution >= 0.6 is 23.2 Å². The van der Waals surface area contributed by atoms with Crippen LogP contribution in [0.2, 0.25) is 10.0 Å². The SMILES string of the molecule is O=C1[C@H](Cc2c(Cl)cc(OCc3ccccc3)cc2Cl)CCN1[C@H]1CCc2n[nH]cc2C1. The lowest BCUT2D eigenvalue weighted by Crippen LogP contribution is -2.41. The van der Waals surface area contributed by atoms with Gasteiger partial charge in [0.15, 0.2) is 0 Å². The van der Waals surface area contributed by atoms with Gasteiger partial charge in [-0.15, -0.1) is 0 Å². The van der Waals surface area contributed by atoms with Crippen LogP contribution in [0.1, 0.15) is 35.2 Å². The Balaban J connectivity index is 1.23. The van der Waals surface area contributed by atoms with E-state index in [2.05, 4.69) is 15.1 Å². The van der Waals surface area contributed by atoms with Crippen LogP contribution in [-0.2, 0) is 30.7 Å². The minimum absolute atomic E-state index is 0.0909. The lowest BCUT2D eigenvalue weighted by atomic mass is 9.92. The summed E-state index contributed by atoms with van der Waals surface area (Å²) in [5.74, 6) is 0.746. The molecule has 1 fully saturated rings. The van der Waals surface area contributed by atoms with E-state index >= 15 is 0 Å². The van der Waals surface area contributed by atoms with Crippen molar-refractivity contribution in [3.63, 3.8) is 0 Å². The molecule has 1 saturated heterocycles. The first-order valence-corrected chi connectivity index (χ1v) is 11.8. The number of aromatic nitrogens is 2. The van der Waals surface area contributed by atoms with Crippen molar-refractivity contribution in [2.24, 2.45) is 5.92 Å². The summed E-state index contributed by atoms with van der Waals surface area (Å²) in [6.07, 6.45) is 6.09. The molecule has 1 N–H and O–H groups in total. The van der Waals surface area contributed by atoms with Crippen molar-refractivity contribution >= 4 is 29.1 Å². The summed E-state index contributed by atoms with van der Waals surface area (Å²) in [5, 5.41) is 8.34. The van der Waals surface area contributed by atoms with Gasteiger partial charge in [0.2, 0.25) is 5.91 Å². The van der Waals surface area contributed by atoms with Gasteiger partial charge in [0, 0.05) is 34.7 Å².